The van der Waals surface area contributed by atoms with Crippen LogP contribution >= 0.6 is 22.7 Å². The Morgan fingerprint density at radius 3 is 2.36 bits per heavy atom. The number of aromatic nitrogens is 2. The van der Waals surface area contributed by atoms with E-state index in [0.29, 0.717) is 11.4 Å². The average Bonchev–Trinajstić information content (AvgIpc) is 3.39. The number of primary sulfonamides is 1. The van der Waals surface area contributed by atoms with Crippen LogP contribution in [0.5, 0.6) is 0 Å². The van der Waals surface area contributed by atoms with Crippen molar-refractivity contribution in [3.05, 3.63) is 65.7 Å². The topological polar surface area (TPSA) is 115 Å². The lowest BCUT2D eigenvalue weighted by molar-refractivity contribution is 0.0690. The standard InChI is InChI=1S/C18H13N3O4S3/c19-28(24,25)12-5-3-11(4-6-12)21-14(10-13(20-21)18(22)23)15-7-8-17(27-15)16-2-1-9-26-16/h1-10H,(H,22,23)(H2,19,24,25). The SMILES string of the molecule is NS(=O)(=O)c1ccc(-n2nc(C(=O)O)cc2-c2ccc(-c3cccs3)s2)cc1. The molecule has 10 heteroatoms. The Balaban J connectivity index is 1.81. The van der Waals surface area contributed by atoms with Gasteiger partial charge in [0.2, 0.25) is 10.0 Å². The fourth-order valence-corrected chi connectivity index (χ4v) is 5.02. The number of carboxylic acids is 1. The molecule has 0 saturated heterocycles. The number of thiophene rings is 2. The summed E-state index contributed by atoms with van der Waals surface area (Å²) in [5.41, 5.74) is 1.03. The van der Waals surface area contributed by atoms with Crippen LogP contribution in [0.15, 0.2) is 64.9 Å². The van der Waals surface area contributed by atoms with Crippen molar-refractivity contribution in [1.82, 2.24) is 9.78 Å². The highest BCUT2D eigenvalue weighted by Gasteiger charge is 2.18. The summed E-state index contributed by atoms with van der Waals surface area (Å²) >= 11 is 3.15. The molecule has 0 bridgehead atoms. The van der Waals surface area contributed by atoms with Crippen molar-refractivity contribution in [1.29, 1.82) is 0 Å². The molecule has 0 radical (unpaired) electrons. The fourth-order valence-electron chi connectivity index (χ4n) is 2.66. The highest BCUT2D eigenvalue weighted by Crippen LogP contribution is 2.37. The van der Waals surface area contributed by atoms with Gasteiger partial charge in [-0.05, 0) is 47.8 Å². The van der Waals surface area contributed by atoms with E-state index in [2.05, 4.69) is 5.10 Å². The number of nitrogens with two attached hydrogens (primary N) is 1. The third-order valence-corrected chi connectivity index (χ3v) is 7.06. The second kappa shape index (κ2) is 6.99. The van der Waals surface area contributed by atoms with Crippen molar-refractivity contribution < 1.29 is 18.3 Å². The highest BCUT2D eigenvalue weighted by atomic mass is 32.2. The quantitative estimate of drug-likeness (QED) is 0.500. The number of benzene rings is 1. The van der Waals surface area contributed by atoms with E-state index in [4.69, 9.17) is 5.14 Å². The molecule has 4 aromatic rings. The molecule has 0 aliphatic heterocycles. The summed E-state index contributed by atoms with van der Waals surface area (Å²) in [7, 11) is -3.81. The average molecular weight is 432 g/mol. The van der Waals surface area contributed by atoms with Crippen LogP contribution in [0.1, 0.15) is 10.5 Å². The zero-order chi connectivity index (χ0) is 19.9. The van der Waals surface area contributed by atoms with Crippen LogP contribution in [-0.2, 0) is 10.0 Å². The first-order chi connectivity index (χ1) is 13.3. The third kappa shape index (κ3) is 3.50. The maximum absolute atomic E-state index is 11.5. The summed E-state index contributed by atoms with van der Waals surface area (Å²) in [5, 5.41) is 20.7. The van der Waals surface area contributed by atoms with Gasteiger partial charge in [-0.25, -0.2) is 23.0 Å². The molecular weight excluding hydrogens is 418 g/mol. The maximum atomic E-state index is 11.5. The summed E-state index contributed by atoms with van der Waals surface area (Å²) in [6.45, 7) is 0. The molecule has 28 heavy (non-hydrogen) atoms. The minimum atomic E-state index is -3.81. The van der Waals surface area contributed by atoms with Gasteiger partial charge in [-0.15, -0.1) is 22.7 Å². The molecule has 7 nitrogen and oxygen atoms in total. The number of sulfonamides is 1. The van der Waals surface area contributed by atoms with Crippen LogP contribution in [0.4, 0.5) is 0 Å². The number of rotatable bonds is 5. The molecule has 3 aromatic heterocycles. The molecule has 0 aliphatic carbocycles. The third-order valence-electron chi connectivity index (χ3n) is 3.96. The Hall–Kier alpha value is -2.79. The summed E-state index contributed by atoms with van der Waals surface area (Å²) in [4.78, 5) is 14.5. The first-order valence-electron chi connectivity index (χ1n) is 7.93. The van der Waals surface area contributed by atoms with Gasteiger partial charge in [0.25, 0.3) is 0 Å². The van der Waals surface area contributed by atoms with Gasteiger partial charge in [0.05, 0.1) is 21.2 Å². The Labute approximate surface area is 168 Å². The van der Waals surface area contributed by atoms with Crippen LogP contribution in [-0.4, -0.2) is 29.3 Å². The Morgan fingerprint density at radius 1 is 1.04 bits per heavy atom. The minimum absolute atomic E-state index is 0.0282. The molecule has 0 atom stereocenters. The van der Waals surface area contributed by atoms with Crippen LogP contribution in [0.2, 0.25) is 0 Å². The van der Waals surface area contributed by atoms with E-state index in [1.54, 1.807) is 11.3 Å². The van der Waals surface area contributed by atoms with E-state index in [1.165, 1.54) is 46.4 Å². The zero-order valence-electron chi connectivity index (χ0n) is 14.1. The van der Waals surface area contributed by atoms with E-state index in [9.17, 15) is 18.3 Å². The van der Waals surface area contributed by atoms with Crippen molar-refractivity contribution in [2.45, 2.75) is 4.90 Å². The summed E-state index contributed by atoms with van der Waals surface area (Å²) in [6, 6.07) is 15.2. The smallest absolute Gasteiger partial charge is 0.356 e. The van der Waals surface area contributed by atoms with Gasteiger partial charge in [-0.3, -0.25) is 0 Å². The lowest BCUT2D eigenvalue weighted by Gasteiger charge is -2.07. The van der Waals surface area contributed by atoms with Crippen molar-refractivity contribution in [3.8, 4) is 26.0 Å². The zero-order valence-corrected chi connectivity index (χ0v) is 16.6. The van der Waals surface area contributed by atoms with Gasteiger partial charge in [0.15, 0.2) is 5.69 Å². The molecule has 4 rings (SSSR count). The predicted molar refractivity (Wildman–Crippen MR) is 109 cm³/mol. The van der Waals surface area contributed by atoms with Gasteiger partial charge < -0.3 is 5.11 Å². The Bertz CT molecular complexity index is 1250. The van der Waals surface area contributed by atoms with Crippen molar-refractivity contribution in [3.63, 3.8) is 0 Å². The number of carbonyl (C=O) groups is 1. The van der Waals surface area contributed by atoms with Crippen LogP contribution < -0.4 is 5.14 Å². The van der Waals surface area contributed by atoms with Gasteiger partial charge >= 0.3 is 5.97 Å². The van der Waals surface area contributed by atoms with Crippen molar-refractivity contribution in [2.75, 3.05) is 0 Å². The predicted octanol–water partition coefficient (Wildman–Crippen LogP) is 3.67. The Morgan fingerprint density at radius 2 is 1.75 bits per heavy atom. The first-order valence-corrected chi connectivity index (χ1v) is 11.2. The number of carboxylic acid groups (broad SMARTS) is 1. The number of hydrogen-bond acceptors (Lipinski definition) is 6. The molecule has 3 heterocycles. The molecule has 0 aliphatic rings. The summed E-state index contributed by atoms with van der Waals surface area (Å²) in [6.07, 6.45) is 0. The molecule has 0 saturated carbocycles. The highest BCUT2D eigenvalue weighted by molar-refractivity contribution is 7.89. The molecule has 1 aromatic carbocycles. The Kier molecular flexibility index (Phi) is 4.63. The summed E-state index contributed by atoms with van der Waals surface area (Å²) < 4.78 is 24.4. The summed E-state index contributed by atoms with van der Waals surface area (Å²) in [5.74, 6) is -1.14. The lowest BCUT2D eigenvalue weighted by Crippen LogP contribution is -2.12. The number of nitrogens with zero attached hydrogens (tertiary/aromatic N) is 2. The number of hydrogen-bond donors (Lipinski definition) is 2. The van der Waals surface area contributed by atoms with E-state index < -0.39 is 16.0 Å². The van der Waals surface area contributed by atoms with E-state index in [1.807, 2.05) is 29.6 Å². The monoisotopic (exact) mass is 431 g/mol. The molecule has 0 amide bonds. The molecule has 0 fully saturated rings. The van der Waals surface area contributed by atoms with E-state index in [0.717, 1.165) is 14.6 Å². The normalized spacial score (nSPS) is 11.6. The van der Waals surface area contributed by atoms with Crippen LogP contribution in [0.3, 0.4) is 0 Å². The second-order valence-corrected chi connectivity index (χ2v) is 9.40. The van der Waals surface area contributed by atoms with Crippen LogP contribution in [0, 0.1) is 0 Å². The van der Waals surface area contributed by atoms with Crippen molar-refractivity contribution in [2.24, 2.45) is 5.14 Å². The van der Waals surface area contributed by atoms with E-state index in [-0.39, 0.29) is 10.6 Å². The molecule has 3 N–H and O–H groups in total. The van der Waals surface area contributed by atoms with Crippen LogP contribution in [0.25, 0.3) is 26.0 Å². The minimum Gasteiger partial charge on any atom is -0.476 e. The molecule has 142 valence electrons. The largest absolute Gasteiger partial charge is 0.476 e. The van der Waals surface area contributed by atoms with Gasteiger partial charge in [0.1, 0.15) is 0 Å². The van der Waals surface area contributed by atoms with Gasteiger partial charge in [-0.1, -0.05) is 6.07 Å². The molecular formula is C18H13N3O4S3. The number of aromatic carboxylic acids is 1. The molecule has 0 spiro atoms. The lowest BCUT2D eigenvalue weighted by atomic mass is 10.2. The van der Waals surface area contributed by atoms with E-state index >= 15 is 0 Å². The second-order valence-electron chi connectivity index (χ2n) is 5.81. The molecule has 0 unspecified atom stereocenters. The maximum Gasteiger partial charge on any atom is 0.356 e. The first kappa shape index (κ1) is 18.6. The van der Waals surface area contributed by atoms with Gasteiger partial charge in [0, 0.05) is 15.8 Å². The van der Waals surface area contributed by atoms with Gasteiger partial charge in [-0.2, -0.15) is 5.10 Å². The van der Waals surface area contributed by atoms with Crippen molar-refractivity contribution >= 4 is 38.7 Å². The fraction of sp³-hybridized carbons (Fsp3) is 0.